The second-order valence-corrected chi connectivity index (χ2v) is 6.07. The first-order chi connectivity index (χ1) is 10.0. The fourth-order valence-corrected chi connectivity index (χ4v) is 2.52. The quantitative estimate of drug-likeness (QED) is 0.617. The number of ether oxygens (including phenoxy) is 1. The molecule has 0 unspecified atom stereocenters. The summed E-state index contributed by atoms with van der Waals surface area (Å²) in [5.74, 6) is 0.345. The molecule has 0 aromatic heterocycles. The number of benzene rings is 1. The second kappa shape index (κ2) is 6.83. The maximum atomic E-state index is 12.2. The summed E-state index contributed by atoms with van der Waals surface area (Å²) >= 11 is 0. The van der Waals surface area contributed by atoms with Crippen molar-refractivity contribution in [3.05, 3.63) is 23.8 Å². The van der Waals surface area contributed by atoms with Crippen LogP contribution in [0.25, 0.3) is 0 Å². The first-order valence-electron chi connectivity index (χ1n) is 7.86. The van der Waals surface area contributed by atoms with Crippen molar-refractivity contribution in [2.75, 3.05) is 23.8 Å². The third-order valence-electron chi connectivity index (χ3n) is 3.78. The number of nitrogens with two attached hydrogens (primary N) is 1. The topological polar surface area (TPSA) is 55.6 Å². The van der Waals surface area contributed by atoms with Gasteiger partial charge in [0, 0.05) is 12.6 Å². The van der Waals surface area contributed by atoms with E-state index >= 15 is 0 Å². The Kier molecular flexibility index (Phi) is 5.10. The van der Waals surface area contributed by atoms with E-state index in [2.05, 4.69) is 18.7 Å². The van der Waals surface area contributed by atoms with Crippen LogP contribution in [-0.2, 0) is 4.74 Å². The number of hydrogen-bond donors (Lipinski definition) is 1. The maximum Gasteiger partial charge on any atom is 0.340 e. The molecule has 1 aliphatic rings. The number of hydrogen-bond acceptors (Lipinski definition) is 4. The molecule has 1 aromatic carbocycles. The third-order valence-corrected chi connectivity index (χ3v) is 3.78. The summed E-state index contributed by atoms with van der Waals surface area (Å²) in [5.41, 5.74) is 8.29. The average molecular weight is 290 g/mol. The van der Waals surface area contributed by atoms with Gasteiger partial charge in [-0.3, -0.25) is 0 Å². The summed E-state index contributed by atoms with van der Waals surface area (Å²) in [5, 5.41) is 0. The molecule has 21 heavy (non-hydrogen) atoms. The van der Waals surface area contributed by atoms with Crippen molar-refractivity contribution in [1.29, 1.82) is 0 Å². The van der Waals surface area contributed by atoms with Gasteiger partial charge < -0.3 is 15.4 Å². The predicted octanol–water partition coefficient (Wildman–Crippen LogP) is 3.46. The highest BCUT2D eigenvalue weighted by molar-refractivity contribution is 5.99. The lowest BCUT2D eigenvalue weighted by Crippen LogP contribution is -2.30. The number of rotatable bonds is 7. The van der Waals surface area contributed by atoms with Gasteiger partial charge in [-0.15, -0.1) is 0 Å². The Morgan fingerprint density at radius 3 is 2.71 bits per heavy atom. The van der Waals surface area contributed by atoms with E-state index in [1.807, 2.05) is 25.1 Å². The second-order valence-electron chi connectivity index (χ2n) is 6.07. The Labute approximate surface area is 127 Å². The zero-order valence-corrected chi connectivity index (χ0v) is 13.3. The standard InChI is InChI=1S/C17H26N2O2/c1-4-21-17(20)14-6-5-7-15(18)16(14)19(13-8-9-13)11-10-12(2)3/h5-7,12-13H,4,8-11,18H2,1-3H3. The zero-order valence-electron chi connectivity index (χ0n) is 13.3. The van der Waals surface area contributed by atoms with E-state index in [-0.39, 0.29) is 5.97 Å². The molecule has 4 heteroatoms. The van der Waals surface area contributed by atoms with Gasteiger partial charge in [-0.05, 0) is 44.2 Å². The Morgan fingerprint density at radius 2 is 2.14 bits per heavy atom. The van der Waals surface area contributed by atoms with Crippen LogP contribution in [0.1, 0.15) is 50.4 Å². The van der Waals surface area contributed by atoms with Crippen LogP contribution in [0, 0.1) is 5.92 Å². The minimum absolute atomic E-state index is 0.282. The fraction of sp³-hybridized carbons (Fsp3) is 0.588. The van der Waals surface area contributed by atoms with Gasteiger partial charge in [0.05, 0.1) is 23.5 Å². The molecule has 0 aliphatic heterocycles. The molecule has 0 atom stereocenters. The van der Waals surface area contributed by atoms with Crippen molar-refractivity contribution in [1.82, 2.24) is 0 Å². The van der Waals surface area contributed by atoms with Crippen LogP contribution in [0.3, 0.4) is 0 Å². The van der Waals surface area contributed by atoms with E-state index in [9.17, 15) is 4.79 Å². The maximum absolute atomic E-state index is 12.2. The van der Waals surface area contributed by atoms with Crippen LogP contribution in [0.4, 0.5) is 11.4 Å². The number of anilines is 2. The molecule has 0 radical (unpaired) electrons. The minimum atomic E-state index is -0.282. The highest BCUT2D eigenvalue weighted by Gasteiger charge is 2.32. The molecule has 4 nitrogen and oxygen atoms in total. The number of carbonyl (C=O) groups excluding carboxylic acids is 1. The summed E-state index contributed by atoms with van der Waals surface area (Å²) in [6, 6.07) is 6.01. The van der Waals surface area contributed by atoms with Crippen molar-refractivity contribution in [3.63, 3.8) is 0 Å². The van der Waals surface area contributed by atoms with Crippen LogP contribution in [-0.4, -0.2) is 25.2 Å². The number of para-hydroxylation sites is 1. The molecule has 2 N–H and O–H groups in total. The van der Waals surface area contributed by atoms with E-state index in [0.717, 1.165) is 18.7 Å². The Balaban J connectivity index is 2.32. The molecular formula is C17H26N2O2. The van der Waals surface area contributed by atoms with Crippen LogP contribution in [0.2, 0.25) is 0 Å². The number of nitrogen functional groups attached to an aromatic ring is 1. The molecule has 0 saturated heterocycles. The van der Waals surface area contributed by atoms with Crippen molar-refractivity contribution in [3.8, 4) is 0 Å². The van der Waals surface area contributed by atoms with Gasteiger partial charge in [-0.1, -0.05) is 19.9 Å². The molecule has 1 saturated carbocycles. The first kappa shape index (κ1) is 15.7. The van der Waals surface area contributed by atoms with E-state index in [0.29, 0.717) is 29.8 Å². The number of nitrogens with zero attached hydrogens (tertiary/aromatic N) is 1. The van der Waals surface area contributed by atoms with Crippen molar-refractivity contribution < 1.29 is 9.53 Å². The molecule has 0 amide bonds. The largest absolute Gasteiger partial charge is 0.462 e. The van der Waals surface area contributed by atoms with E-state index in [1.165, 1.54) is 12.8 Å². The lowest BCUT2D eigenvalue weighted by atomic mass is 10.1. The van der Waals surface area contributed by atoms with Gasteiger partial charge in [-0.2, -0.15) is 0 Å². The summed E-state index contributed by atoms with van der Waals surface area (Å²) < 4.78 is 5.18. The average Bonchev–Trinajstić information content (AvgIpc) is 3.25. The van der Waals surface area contributed by atoms with Gasteiger partial charge in [0.25, 0.3) is 0 Å². The minimum Gasteiger partial charge on any atom is -0.462 e. The van der Waals surface area contributed by atoms with Crippen LogP contribution < -0.4 is 10.6 Å². The molecule has 0 bridgehead atoms. The van der Waals surface area contributed by atoms with Gasteiger partial charge in [-0.25, -0.2) is 4.79 Å². The molecule has 0 heterocycles. The normalized spacial score (nSPS) is 14.3. The van der Waals surface area contributed by atoms with Gasteiger partial charge in [0.2, 0.25) is 0 Å². The molecule has 2 rings (SSSR count). The van der Waals surface area contributed by atoms with E-state index in [1.54, 1.807) is 0 Å². The summed E-state index contributed by atoms with van der Waals surface area (Å²) in [4.78, 5) is 14.5. The lowest BCUT2D eigenvalue weighted by Gasteiger charge is -2.28. The fourth-order valence-electron chi connectivity index (χ4n) is 2.52. The predicted molar refractivity (Wildman–Crippen MR) is 86.6 cm³/mol. The highest BCUT2D eigenvalue weighted by atomic mass is 16.5. The van der Waals surface area contributed by atoms with Crippen molar-refractivity contribution in [2.45, 2.75) is 46.1 Å². The highest BCUT2D eigenvalue weighted by Crippen LogP contribution is 2.37. The van der Waals surface area contributed by atoms with Gasteiger partial charge in [0.15, 0.2) is 0 Å². The van der Waals surface area contributed by atoms with Crippen molar-refractivity contribution >= 4 is 17.3 Å². The lowest BCUT2D eigenvalue weighted by molar-refractivity contribution is 0.0527. The molecule has 1 aliphatic carbocycles. The van der Waals surface area contributed by atoms with Gasteiger partial charge in [0.1, 0.15) is 0 Å². The summed E-state index contributed by atoms with van der Waals surface area (Å²) in [6.07, 6.45) is 3.44. The van der Waals surface area contributed by atoms with Crippen LogP contribution >= 0.6 is 0 Å². The number of esters is 1. The Hall–Kier alpha value is -1.71. The summed E-state index contributed by atoms with van der Waals surface area (Å²) in [6.45, 7) is 7.56. The van der Waals surface area contributed by atoms with Gasteiger partial charge >= 0.3 is 5.97 Å². The molecule has 1 fully saturated rings. The third kappa shape index (κ3) is 3.90. The van der Waals surface area contributed by atoms with E-state index < -0.39 is 0 Å². The SMILES string of the molecule is CCOC(=O)c1cccc(N)c1N(CCC(C)C)C1CC1. The van der Waals surface area contributed by atoms with Crippen molar-refractivity contribution in [2.24, 2.45) is 5.92 Å². The van der Waals surface area contributed by atoms with Crippen LogP contribution in [0.15, 0.2) is 18.2 Å². The zero-order chi connectivity index (χ0) is 15.4. The Morgan fingerprint density at radius 1 is 1.43 bits per heavy atom. The first-order valence-corrected chi connectivity index (χ1v) is 7.86. The van der Waals surface area contributed by atoms with E-state index in [4.69, 9.17) is 10.5 Å². The van der Waals surface area contributed by atoms with Crippen LogP contribution in [0.5, 0.6) is 0 Å². The monoisotopic (exact) mass is 290 g/mol. The molecule has 0 spiro atoms. The Bertz CT molecular complexity index is 496. The molecular weight excluding hydrogens is 264 g/mol. The number of carbonyl (C=O) groups is 1. The summed E-state index contributed by atoms with van der Waals surface area (Å²) in [7, 11) is 0. The molecule has 1 aromatic rings. The smallest absolute Gasteiger partial charge is 0.340 e. The molecule has 116 valence electrons.